The molecule has 1 aromatic rings. The molecule has 18 heavy (non-hydrogen) atoms. The van der Waals surface area contributed by atoms with Gasteiger partial charge in [-0.25, -0.2) is 0 Å². The summed E-state index contributed by atoms with van der Waals surface area (Å²) >= 11 is 0. The zero-order valence-corrected chi connectivity index (χ0v) is 11.2. The summed E-state index contributed by atoms with van der Waals surface area (Å²) in [6, 6.07) is 9.28. The van der Waals surface area contributed by atoms with E-state index in [2.05, 4.69) is 29.6 Å². The van der Waals surface area contributed by atoms with Crippen LogP contribution in [0.25, 0.3) is 0 Å². The van der Waals surface area contributed by atoms with Crippen LogP contribution < -0.4 is 5.32 Å². The maximum atomic E-state index is 5.55. The van der Waals surface area contributed by atoms with Crippen molar-refractivity contribution in [1.82, 2.24) is 0 Å². The summed E-state index contributed by atoms with van der Waals surface area (Å²) < 4.78 is 5.55. The molecule has 0 aliphatic heterocycles. The first-order valence-corrected chi connectivity index (χ1v) is 7.30. The Hall–Kier alpha value is -1.02. The molecule has 0 saturated heterocycles. The average Bonchev–Trinajstić information content (AvgIpc) is 3.18. The fraction of sp³-hybridized carbons (Fsp3) is 0.625. The van der Waals surface area contributed by atoms with Gasteiger partial charge in [-0.15, -0.1) is 0 Å². The SMILES string of the molecule is CCOCc1ccccc1NC1CCCC2CC21. The maximum absolute atomic E-state index is 5.55. The van der Waals surface area contributed by atoms with Crippen molar-refractivity contribution in [2.75, 3.05) is 11.9 Å². The third-order valence-corrected chi connectivity index (χ3v) is 4.40. The van der Waals surface area contributed by atoms with Gasteiger partial charge in [0.05, 0.1) is 6.61 Å². The molecule has 1 aromatic carbocycles. The van der Waals surface area contributed by atoms with Crippen LogP contribution in [0.2, 0.25) is 0 Å². The van der Waals surface area contributed by atoms with Crippen LogP contribution in [0.15, 0.2) is 24.3 Å². The number of fused-ring (bicyclic) bond motifs is 1. The van der Waals surface area contributed by atoms with Gasteiger partial charge in [0.25, 0.3) is 0 Å². The van der Waals surface area contributed by atoms with Crippen LogP contribution in [0.5, 0.6) is 0 Å². The molecule has 2 aliphatic rings. The minimum absolute atomic E-state index is 0.700. The van der Waals surface area contributed by atoms with Crippen LogP contribution in [0.3, 0.4) is 0 Å². The lowest BCUT2D eigenvalue weighted by atomic mass is 9.95. The molecule has 2 aliphatic carbocycles. The molecule has 2 nitrogen and oxygen atoms in total. The standard InChI is InChI=1S/C16H23NO/c1-2-18-11-13-6-3-4-8-15(13)17-16-9-5-7-12-10-14(12)16/h3-4,6,8,12,14,16-17H,2,5,7,9-11H2,1H3. The molecule has 98 valence electrons. The number of ether oxygens (including phenoxy) is 1. The monoisotopic (exact) mass is 245 g/mol. The first-order chi connectivity index (χ1) is 8.88. The largest absolute Gasteiger partial charge is 0.382 e. The first-order valence-electron chi connectivity index (χ1n) is 7.30. The molecule has 3 rings (SSSR count). The molecule has 0 bridgehead atoms. The van der Waals surface area contributed by atoms with Crippen molar-refractivity contribution in [3.05, 3.63) is 29.8 Å². The van der Waals surface area contributed by atoms with Crippen molar-refractivity contribution < 1.29 is 4.74 Å². The average molecular weight is 245 g/mol. The van der Waals surface area contributed by atoms with Gasteiger partial charge in [0.1, 0.15) is 0 Å². The Kier molecular flexibility index (Phi) is 3.55. The summed E-state index contributed by atoms with van der Waals surface area (Å²) in [7, 11) is 0. The number of nitrogens with one attached hydrogen (secondary N) is 1. The van der Waals surface area contributed by atoms with E-state index in [-0.39, 0.29) is 0 Å². The van der Waals surface area contributed by atoms with Crippen LogP contribution in [-0.2, 0) is 11.3 Å². The lowest BCUT2D eigenvalue weighted by Gasteiger charge is -2.25. The van der Waals surface area contributed by atoms with E-state index < -0.39 is 0 Å². The number of para-hydroxylation sites is 1. The summed E-state index contributed by atoms with van der Waals surface area (Å²) in [6.07, 6.45) is 5.64. The van der Waals surface area contributed by atoms with Gasteiger partial charge >= 0.3 is 0 Å². The molecular formula is C16H23NO. The first kappa shape index (κ1) is 12.0. The van der Waals surface area contributed by atoms with E-state index in [9.17, 15) is 0 Å². The van der Waals surface area contributed by atoms with Crippen LogP contribution in [0, 0.1) is 11.8 Å². The van der Waals surface area contributed by atoms with Crippen molar-refractivity contribution >= 4 is 5.69 Å². The third-order valence-electron chi connectivity index (χ3n) is 4.40. The van der Waals surface area contributed by atoms with Crippen LogP contribution in [-0.4, -0.2) is 12.6 Å². The highest BCUT2D eigenvalue weighted by molar-refractivity contribution is 5.52. The van der Waals surface area contributed by atoms with E-state index in [0.717, 1.165) is 25.0 Å². The number of anilines is 1. The summed E-state index contributed by atoms with van der Waals surface area (Å²) in [6.45, 7) is 3.55. The van der Waals surface area contributed by atoms with E-state index in [1.165, 1.54) is 36.9 Å². The molecule has 0 aromatic heterocycles. The van der Waals surface area contributed by atoms with E-state index in [0.29, 0.717) is 6.04 Å². The van der Waals surface area contributed by atoms with Crippen molar-refractivity contribution in [3.8, 4) is 0 Å². The second kappa shape index (κ2) is 5.31. The highest BCUT2D eigenvalue weighted by atomic mass is 16.5. The molecule has 2 heteroatoms. The van der Waals surface area contributed by atoms with Gasteiger partial charge in [-0.2, -0.15) is 0 Å². The summed E-state index contributed by atoms with van der Waals surface area (Å²) in [4.78, 5) is 0. The second-order valence-corrected chi connectivity index (χ2v) is 5.64. The summed E-state index contributed by atoms with van der Waals surface area (Å²) in [5.41, 5.74) is 2.57. The zero-order valence-electron chi connectivity index (χ0n) is 11.2. The van der Waals surface area contributed by atoms with E-state index in [4.69, 9.17) is 4.74 Å². The van der Waals surface area contributed by atoms with Crippen LogP contribution in [0.1, 0.15) is 38.2 Å². The van der Waals surface area contributed by atoms with Crippen molar-refractivity contribution in [1.29, 1.82) is 0 Å². The van der Waals surface area contributed by atoms with Crippen LogP contribution >= 0.6 is 0 Å². The van der Waals surface area contributed by atoms with Crippen molar-refractivity contribution in [2.24, 2.45) is 11.8 Å². The predicted octanol–water partition coefficient (Wildman–Crippen LogP) is 3.82. The molecule has 0 heterocycles. The fourth-order valence-electron chi connectivity index (χ4n) is 3.29. The van der Waals surface area contributed by atoms with Gasteiger partial charge in [-0.1, -0.05) is 31.0 Å². The van der Waals surface area contributed by atoms with Gasteiger partial charge in [-0.05, 0) is 37.7 Å². The topological polar surface area (TPSA) is 21.3 Å². The molecule has 2 saturated carbocycles. The Morgan fingerprint density at radius 1 is 1.28 bits per heavy atom. The minimum Gasteiger partial charge on any atom is -0.382 e. The van der Waals surface area contributed by atoms with Gasteiger partial charge < -0.3 is 10.1 Å². The second-order valence-electron chi connectivity index (χ2n) is 5.64. The zero-order chi connectivity index (χ0) is 12.4. The molecule has 2 fully saturated rings. The Morgan fingerprint density at radius 3 is 3.06 bits per heavy atom. The molecule has 0 radical (unpaired) electrons. The fourth-order valence-corrected chi connectivity index (χ4v) is 3.29. The van der Waals surface area contributed by atoms with Crippen molar-refractivity contribution in [2.45, 2.75) is 45.3 Å². The predicted molar refractivity (Wildman–Crippen MR) is 74.6 cm³/mol. The number of rotatable bonds is 5. The lowest BCUT2D eigenvalue weighted by molar-refractivity contribution is 0.134. The maximum Gasteiger partial charge on any atom is 0.0736 e. The van der Waals surface area contributed by atoms with Gasteiger partial charge in [0.2, 0.25) is 0 Å². The highest BCUT2D eigenvalue weighted by Crippen LogP contribution is 2.50. The Morgan fingerprint density at radius 2 is 2.17 bits per heavy atom. The molecular weight excluding hydrogens is 222 g/mol. The van der Waals surface area contributed by atoms with Gasteiger partial charge in [0, 0.05) is 23.9 Å². The summed E-state index contributed by atoms with van der Waals surface area (Å²) in [5, 5.41) is 3.77. The molecule has 1 N–H and O–H groups in total. The Labute approximate surface area is 110 Å². The lowest BCUT2D eigenvalue weighted by Crippen LogP contribution is -2.26. The summed E-state index contributed by atoms with van der Waals surface area (Å²) in [5.74, 6) is 1.97. The smallest absolute Gasteiger partial charge is 0.0736 e. The number of benzene rings is 1. The number of hydrogen-bond donors (Lipinski definition) is 1. The quantitative estimate of drug-likeness (QED) is 0.851. The normalized spacial score (nSPS) is 29.7. The van der Waals surface area contributed by atoms with E-state index >= 15 is 0 Å². The number of hydrogen-bond acceptors (Lipinski definition) is 2. The minimum atomic E-state index is 0.700. The van der Waals surface area contributed by atoms with Gasteiger partial charge in [-0.3, -0.25) is 0 Å². The molecule has 0 amide bonds. The molecule has 3 atom stereocenters. The van der Waals surface area contributed by atoms with Crippen LogP contribution in [0.4, 0.5) is 5.69 Å². The molecule has 3 unspecified atom stereocenters. The molecule has 0 spiro atoms. The van der Waals surface area contributed by atoms with Gasteiger partial charge in [0.15, 0.2) is 0 Å². The van der Waals surface area contributed by atoms with E-state index in [1.54, 1.807) is 0 Å². The third kappa shape index (κ3) is 2.54. The Balaban J connectivity index is 1.67. The highest BCUT2D eigenvalue weighted by Gasteiger charge is 2.45. The van der Waals surface area contributed by atoms with E-state index in [1.807, 2.05) is 6.92 Å². The van der Waals surface area contributed by atoms with Crippen molar-refractivity contribution in [3.63, 3.8) is 0 Å². The Bertz CT molecular complexity index is 404.